The summed E-state index contributed by atoms with van der Waals surface area (Å²) >= 11 is 1.60. The molecule has 1 atom stereocenters. The fraction of sp³-hybridized carbons (Fsp3) is 0.471. The van der Waals surface area contributed by atoms with Crippen molar-refractivity contribution in [2.45, 2.75) is 19.9 Å². The van der Waals surface area contributed by atoms with E-state index in [1.54, 1.807) is 35.9 Å². The average Bonchev–Trinajstić information content (AvgIpc) is 3.25. The number of nitrogens with one attached hydrogen (secondary N) is 1. The van der Waals surface area contributed by atoms with E-state index >= 15 is 0 Å². The zero-order chi connectivity index (χ0) is 16.8. The van der Waals surface area contributed by atoms with Gasteiger partial charge < -0.3 is 15.0 Å². The maximum absolute atomic E-state index is 12.7. The molecule has 1 aliphatic rings. The lowest BCUT2D eigenvalue weighted by atomic mass is 10.1. The minimum Gasteiger partial charge on any atom is -0.482 e. The highest BCUT2D eigenvalue weighted by atomic mass is 35.5. The van der Waals surface area contributed by atoms with Gasteiger partial charge >= 0.3 is 0 Å². The predicted molar refractivity (Wildman–Crippen MR) is 107 cm³/mol. The molecular weight excluding hydrogens is 395 g/mol. The number of ether oxygens (including phenoxy) is 1. The topological polar surface area (TPSA) is 67.4 Å². The van der Waals surface area contributed by atoms with Crippen molar-refractivity contribution >= 4 is 42.1 Å². The molecule has 1 saturated heterocycles. The molecule has 0 saturated carbocycles. The van der Waals surface area contributed by atoms with Crippen molar-refractivity contribution in [3.05, 3.63) is 40.6 Å². The van der Waals surface area contributed by atoms with Gasteiger partial charge in [-0.05, 0) is 44.5 Å². The largest absolute Gasteiger partial charge is 0.482 e. The van der Waals surface area contributed by atoms with Gasteiger partial charge in [0.05, 0.1) is 23.9 Å². The standard InChI is InChI=1S/C17H22N4O2S.2ClH/c1-13-16(24-12-20-13)10-21(9-14-4-6-19-7-14)17(22)11-23-15-3-2-5-18-8-15;;/h2-3,5,8,12,14,19H,4,6-7,9-11H2,1H3;2*1H. The Labute approximate surface area is 170 Å². The van der Waals surface area contributed by atoms with Gasteiger partial charge in [0.25, 0.3) is 5.91 Å². The number of aromatic nitrogens is 2. The molecule has 2 aromatic heterocycles. The highest BCUT2D eigenvalue weighted by Crippen LogP contribution is 2.18. The van der Waals surface area contributed by atoms with Crippen molar-refractivity contribution in [3.8, 4) is 5.75 Å². The fourth-order valence-corrected chi connectivity index (χ4v) is 3.55. The normalized spacial score (nSPS) is 15.7. The SMILES string of the molecule is Cc1ncsc1CN(CC1CCNC1)C(=O)COc1cccnc1.Cl.Cl. The minimum atomic E-state index is -0.00134. The second-order valence-electron chi connectivity index (χ2n) is 5.97. The number of aryl methyl sites for hydroxylation is 1. The van der Waals surface area contributed by atoms with Crippen LogP contribution in [-0.4, -0.2) is 47.0 Å². The molecule has 1 N–H and O–H groups in total. The summed E-state index contributed by atoms with van der Waals surface area (Å²) in [5.74, 6) is 1.11. The monoisotopic (exact) mass is 418 g/mol. The van der Waals surface area contributed by atoms with E-state index in [-0.39, 0.29) is 37.3 Å². The van der Waals surface area contributed by atoms with Crippen LogP contribution in [0.25, 0.3) is 0 Å². The quantitative estimate of drug-likeness (QED) is 0.748. The van der Waals surface area contributed by atoms with Crippen molar-refractivity contribution in [1.82, 2.24) is 20.2 Å². The molecule has 1 amide bonds. The predicted octanol–water partition coefficient (Wildman–Crippen LogP) is 2.71. The van der Waals surface area contributed by atoms with Gasteiger partial charge in [0.1, 0.15) is 5.75 Å². The van der Waals surface area contributed by atoms with Crippen molar-refractivity contribution < 1.29 is 9.53 Å². The number of rotatable bonds is 7. The Bertz CT molecular complexity index is 666. The summed E-state index contributed by atoms with van der Waals surface area (Å²) in [5.41, 5.74) is 2.83. The van der Waals surface area contributed by atoms with Crippen LogP contribution in [-0.2, 0) is 11.3 Å². The van der Waals surface area contributed by atoms with Crippen LogP contribution in [0.3, 0.4) is 0 Å². The lowest BCUT2D eigenvalue weighted by Crippen LogP contribution is -2.38. The van der Waals surface area contributed by atoms with Crippen LogP contribution < -0.4 is 10.1 Å². The Kier molecular flexibility index (Phi) is 9.87. The molecule has 0 spiro atoms. The maximum Gasteiger partial charge on any atom is 0.260 e. The summed E-state index contributed by atoms with van der Waals surface area (Å²) < 4.78 is 5.58. The number of pyridine rings is 1. The van der Waals surface area contributed by atoms with Gasteiger partial charge in [-0.15, -0.1) is 36.2 Å². The van der Waals surface area contributed by atoms with Gasteiger partial charge in [-0.3, -0.25) is 9.78 Å². The molecule has 144 valence electrons. The molecule has 26 heavy (non-hydrogen) atoms. The number of carbonyl (C=O) groups excluding carboxylic acids is 1. The maximum atomic E-state index is 12.7. The number of carbonyl (C=O) groups is 1. The van der Waals surface area contributed by atoms with Crippen molar-refractivity contribution in [1.29, 1.82) is 0 Å². The van der Waals surface area contributed by atoms with E-state index in [1.165, 1.54) is 0 Å². The highest BCUT2D eigenvalue weighted by Gasteiger charge is 2.23. The minimum absolute atomic E-state index is 0. The van der Waals surface area contributed by atoms with E-state index < -0.39 is 0 Å². The zero-order valence-electron chi connectivity index (χ0n) is 14.6. The third-order valence-electron chi connectivity index (χ3n) is 4.17. The second-order valence-corrected chi connectivity index (χ2v) is 6.91. The Balaban J connectivity index is 0.00000169. The van der Waals surface area contributed by atoms with Crippen LogP contribution in [0.1, 0.15) is 17.0 Å². The first kappa shape index (κ1) is 22.6. The summed E-state index contributed by atoms with van der Waals surface area (Å²) in [6, 6.07) is 3.60. The van der Waals surface area contributed by atoms with Gasteiger partial charge in [-0.2, -0.15) is 0 Å². The molecule has 6 nitrogen and oxygen atoms in total. The van der Waals surface area contributed by atoms with Gasteiger partial charge in [0.2, 0.25) is 0 Å². The van der Waals surface area contributed by atoms with E-state index in [2.05, 4.69) is 15.3 Å². The highest BCUT2D eigenvalue weighted by molar-refractivity contribution is 7.09. The Morgan fingerprint density at radius 2 is 2.31 bits per heavy atom. The lowest BCUT2D eigenvalue weighted by molar-refractivity contribution is -0.134. The molecule has 1 unspecified atom stereocenters. The average molecular weight is 419 g/mol. The first-order chi connectivity index (χ1) is 11.7. The number of hydrogen-bond donors (Lipinski definition) is 1. The molecule has 3 heterocycles. The summed E-state index contributed by atoms with van der Waals surface area (Å²) in [7, 11) is 0. The molecule has 0 bridgehead atoms. The molecular formula is C17H24Cl2N4O2S. The molecule has 1 aliphatic heterocycles. The van der Waals surface area contributed by atoms with E-state index in [0.29, 0.717) is 18.2 Å². The number of nitrogens with zero attached hydrogens (tertiary/aromatic N) is 3. The summed E-state index contributed by atoms with van der Waals surface area (Å²) in [6.45, 7) is 5.36. The van der Waals surface area contributed by atoms with Crippen molar-refractivity contribution in [2.24, 2.45) is 5.92 Å². The molecule has 0 aliphatic carbocycles. The Morgan fingerprint density at radius 1 is 1.46 bits per heavy atom. The van der Waals surface area contributed by atoms with Crippen LogP contribution in [0.15, 0.2) is 30.0 Å². The third-order valence-corrected chi connectivity index (χ3v) is 5.09. The van der Waals surface area contributed by atoms with Crippen molar-refractivity contribution in [3.63, 3.8) is 0 Å². The molecule has 9 heteroatoms. The van der Waals surface area contributed by atoms with Crippen LogP contribution in [0.4, 0.5) is 0 Å². The molecule has 0 aromatic carbocycles. The molecule has 2 aromatic rings. The van der Waals surface area contributed by atoms with E-state index in [9.17, 15) is 4.79 Å². The van der Waals surface area contributed by atoms with Crippen LogP contribution in [0.5, 0.6) is 5.75 Å². The van der Waals surface area contributed by atoms with Gasteiger partial charge in [-0.1, -0.05) is 0 Å². The Morgan fingerprint density at radius 3 is 2.92 bits per heavy atom. The van der Waals surface area contributed by atoms with E-state index in [0.717, 1.165) is 36.6 Å². The smallest absolute Gasteiger partial charge is 0.260 e. The third kappa shape index (κ3) is 6.39. The van der Waals surface area contributed by atoms with Gasteiger partial charge in [-0.25, -0.2) is 4.98 Å². The van der Waals surface area contributed by atoms with Crippen molar-refractivity contribution in [2.75, 3.05) is 26.2 Å². The zero-order valence-corrected chi connectivity index (χ0v) is 17.0. The van der Waals surface area contributed by atoms with E-state index in [1.807, 2.05) is 17.3 Å². The van der Waals surface area contributed by atoms with Crippen LogP contribution >= 0.6 is 36.2 Å². The molecule has 1 fully saturated rings. The van der Waals surface area contributed by atoms with Gasteiger partial charge in [0.15, 0.2) is 6.61 Å². The van der Waals surface area contributed by atoms with Gasteiger partial charge in [0, 0.05) is 17.6 Å². The number of thiazole rings is 1. The number of amides is 1. The lowest BCUT2D eigenvalue weighted by Gasteiger charge is -2.25. The second kappa shape index (κ2) is 11.3. The Hall–Kier alpha value is -1.41. The summed E-state index contributed by atoms with van der Waals surface area (Å²) in [4.78, 5) is 24.0. The van der Waals surface area contributed by atoms with E-state index in [4.69, 9.17) is 4.74 Å². The fourth-order valence-electron chi connectivity index (χ4n) is 2.76. The molecule has 3 rings (SSSR count). The number of hydrogen-bond acceptors (Lipinski definition) is 6. The summed E-state index contributed by atoms with van der Waals surface area (Å²) in [6.07, 6.45) is 4.40. The van der Waals surface area contributed by atoms with Crippen LogP contribution in [0, 0.1) is 12.8 Å². The first-order valence-corrected chi connectivity index (χ1v) is 9.00. The van der Waals surface area contributed by atoms with Crippen LogP contribution in [0.2, 0.25) is 0 Å². The number of halogens is 2. The summed E-state index contributed by atoms with van der Waals surface area (Å²) in [5, 5.41) is 3.36. The molecule has 0 radical (unpaired) electrons. The first-order valence-electron chi connectivity index (χ1n) is 8.12.